The Bertz CT molecular complexity index is 906. The molecule has 0 saturated carbocycles. The minimum absolute atomic E-state index is 0.0406. The van der Waals surface area contributed by atoms with Crippen molar-refractivity contribution in [1.29, 1.82) is 0 Å². The van der Waals surface area contributed by atoms with Gasteiger partial charge in [0.15, 0.2) is 0 Å². The van der Waals surface area contributed by atoms with Gasteiger partial charge in [0.25, 0.3) is 11.6 Å². The second-order valence-electron chi connectivity index (χ2n) is 6.16. The summed E-state index contributed by atoms with van der Waals surface area (Å²) >= 11 is 0. The van der Waals surface area contributed by atoms with Crippen molar-refractivity contribution in [1.82, 2.24) is 9.88 Å². The van der Waals surface area contributed by atoms with Crippen molar-refractivity contribution in [2.24, 2.45) is 0 Å². The minimum Gasteiger partial charge on any atom is -0.478 e. The number of hydrogen-bond donors (Lipinski definition) is 1. The van der Waals surface area contributed by atoms with Gasteiger partial charge in [0, 0.05) is 32.2 Å². The molecule has 1 fully saturated rings. The molecule has 0 unspecified atom stereocenters. The topological polar surface area (TPSA) is 117 Å². The number of anilines is 1. The van der Waals surface area contributed by atoms with Crippen LogP contribution in [-0.4, -0.2) is 58.0 Å². The molecule has 0 radical (unpaired) electrons. The Hall–Kier alpha value is -3.49. The summed E-state index contributed by atoms with van der Waals surface area (Å²) in [7, 11) is 0. The zero-order chi connectivity index (χ0) is 19.6. The molecule has 0 bridgehead atoms. The van der Waals surface area contributed by atoms with Gasteiger partial charge in [0.1, 0.15) is 11.4 Å². The molecule has 2 aromatic rings. The van der Waals surface area contributed by atoms with Crippen molar-refractivity contribution >= 4 is 23.3 Å². The van der Waals surface area contributed by atoms with Crippen LogP contribution in [0.5, 0.6) is 0 Å². The van der Waals surface area contributed by atoms with Crippen LogP contribution in [0.2, 0.25) is 0 Å². The second-order valence-corrected chi connectivity index (χ2v) is 6.16. The number of carboxylic acid groups (broad SMARTS) is 1. The molecule has 9 nitrogen and oxygen atoms in total. The summed E-state index contributed by atoms with van der Waals surface area (Å²) < 4.78 is 0. The van der Waals surface area contributed by atoms with Crippen molar-refractivity contribution in [2.45, 2.75) is 6.92 Å². The fourth-order valence-electron chi connectivity index (χ4n) is 3.10. The zero-order valence-corrected chi connectivity index (χ0v) is 14.7. The summed E-state index contributed by atoms with van der Waals surface area (Å²) in [4.78, 5) is 42.1. The number of aromatic nitrogens is 1. The number of para-hydroxylation sites is 2. The second kappa shape index (κ2) is 7.40. The number of hydrogen-bond acceptors (Lipinski definition) is 6. The normalized spacial score (nSPS) is 14.1. The number of carbonyl (C=O) groups is 2. The third kappa shape index (κ3) is 3.71. The van der Waals surface area contributed by atoms with Gasteiger partial charge in [-0.1, -0.05) is 12.1 Å². The maximum absolute atomic E-state index is 12.6. The van der Waals surface area contributed by atoms with E-state index in [1.54, 1.807) is 30.0 Å². The summed E-state index contributed by atoms with van der Waals surface area (Å²) in [6.45, 7) is 3.26. The first kappa shape index (κ1) is 18.3. The van der Waals surface area contributed by atoms with E-state index in [0.29, 0.717) is 31.9 Å². The Balaban J connectivity index is 1.71. The van der Waals surface area contributed by atoms with E-state index in [4.69, 9.17) is 5.11 Å². The molecule has 0 spiro atoms. The highest BCUT2D eigenvalue weighted by molar-refractivity contribution is 5.94. The largest absolute Gasteiger partial charge is 0.478 e. The van der Waals surface area contributed by atoms with Crippen LogP contribution < -0.4 is 4.90 Å². The number of aryl methyl sites for hydroxylation is 1. The van der Waals surface area contributed by atoms with Crippen molar-refractivity contribution in [3.8, 4) is 0 Å². The molecule has 1 aliphatic rings. The van der Waals surface area contributed by atoms with Gasteiger partial charge in [-0.25, -0.2) is 9.78 Å². The summed E-state index contributed by atoms with van der Waals surface area (Å²) in [6, 6.07) is 9.32. The van der Waals surface area contributed by atoms with Gasteiger partial charge < -0.3 is 14.9 Å². The SMILES string of the molecule is Cc1nc(C(=O)N2CCN(c3ccccc3[N+](=O)[O-])CC2)ccc1C(=O)O. The van der Waals surface area contributed by atoms with Gasteiger partial charge in [-0.3, -0.25) is 14.9 Å². The molecule has 1 amide bonds. The average Bonchev–Trinajstić information content (AvgIpc) is 2.67. The molecule has 1 saturated heterocycles. The lowest BCUT2D eigenvalue weighted by Crippen LogP contribution is -2.49. The van der Waals surface area contributed by atoms with Crippen molar-refractivity contribution < 1.29 is 19.6 Å². The Morgan fingerprint density at radius 2 is 1.78 bits per heavy atom. The molecule has 1 aromatic heterocycles. The number of aromatic carboxylic acids is 1. The summed E-state index contributed by atoms with van der Waals surface area (Å²) in [5, 5.41) is 20.2. The number of piperazine rings is 1. The number of nitro groups is 1. The third-order valence-electron chi connectivity index (χ3n) is 4.52. The first-order valence-electron chi connectivity index (χ1n) is 8.37. The van der Waals surface area contributed by atoms with Crippen molar-refractivity contribution in [3.63, 3.8) is 0 Å². The Morgan fingerprint density at radius 3 is 2.37 bits per heavy atom. The molecule has 1 aliphatic heterocycles. The van der Waals surface area contributed by atoms with Crippen LogP contribution in [0.4, 0.5) is 11.4 Å². The van der Waals surface area contributed by atoms with Crippen LogP contribution in [0.25, 0.3) is 0 Å². The molecule has 0 aliphatic carbocycles. The molecule has 1 N–H and O–H groups in total. The van der Waals surface area contributed by atoms with Crippen molar-refractivity contribution in [3.05, 3.63) is 63.5 Å². The number of carboxylic acids is 1. The summed E-state index contributed by atoms with van der Waals surface area (Å²) in [6.07, 6.45) is 0. The highest BCUT2D eigenvalue weighted by Gasteiger charge is 2.26. The van der Waals surface area contributed by atoms with Crippen LogP contribution in [0.3, 0.4) is 0 Å². The third-order valence-corrected chi connectivity index (χ3v) is 4.52. The van der Waals surface area contributed by atoms with E-state index < -0.39 is 10.9 Å². The van der Waals surface area contributed by atoms with Crippen molar-refractivity contribution in [2.75, 3.05) is 31.1 Å². The molecule has 27 heavy (non-hydrogen) atoms. The summed E-state index contributed by atoms with van der Waals surface area (Å²) in [5.41, 5.74) is 1.12. The van der Waals surface area contributed by atoms with Crippen LogP contribution >= 0.6 is 0 Å². The van der Waals surface area contributed by atoms with E-state index in [9.17, 15) is 19.7 Å². The number of benzene rings is 1. The standard InChI is InChI=1S/C18H18N4O5/c1-12-13(18(24)25)6-7-14(19-12)17(23)21-10-8-20(9-11-21)15-4-2-3-5-16(15)22(26)27/h2-7H,8-11H2,1H3,(H,24,25). The van der Waals surface area contributed by atoms with Crippen LogP contribution in [-0.2, 0) is 0 Å². The van der Waals surface area contributed by atoms with Crippen LogP contribution in [0.15, 0.2) is 36.4 Å². The van der Waals surface area contributed by atoms with E-state index >= 15 is 0 Å². The van der Waals surface area contributed by atoms with Gasteiger partial charge in [0.05, 0.1) is 16.2 Å². The van der Waals surface area contributed by atoms with E-state index in [2.05, 4.69) is 4.98 Å². The number of pyridine rings is 1. The monoisotopic (exact) mass is 370 g/mol. The number of rotatable bonds is 4. The average molecular weight is 370 g/mol. The predicted octanol–water partition coefficient (Wildman–Crippen LogP) is 1.96. The maximum atomic E-state index is 12.6. The van der Waals surface area contributed by atoms with Gasteiger partial charge in [-0.2, -0.15) is 0 Å². The van der Waals surface area contributed by atoms with Gasteiger partial charge in [-0.15, -0.1) is 0 Å². The van der Waals surface area contributed by atoms with Gasteiger partial charge >= 0.3 is 5.97 Å². The fraction of sp³-hybridized carbons (Fsp3) is 0.278. The lowest BCUT2D eigenvalue weighted by Gasteiger charge is -2.35. The molecule has 2 heterocycles. The molecule has 3 rings (SSSR count). The molecular weight excluding hydrogens is 352 g/mol. The molecule has 1 aromatic carbocycles. The molecule has 0 atom stereocenters. The van der Waals surface area contributed by atoms with E-state index in [-0.39, 0.29) is 28.5 Å². The zero-order valence-electron chi connectivity index (χ0n) is 14.7. The fourth-order valence-corrected chi connectivity index (χ4v) is 3.10. The Morgan fingerprint density at radius 1 is 1.11 bits per heavy atom. The predicted molar refractivity (Wildman–Crippen MR) is 97.1 cm³/mol. The lowest BCUT2D eigenvalue weighted by atomic mass is 10.1. The number of amides is 1. The molecule has 9 heteroatoms. The smallest absolute Gasteiger partial charge is 0.337 e. The Kier molecular flexibility index (Phi) is 5.02. The number of carbonyl (C=O) groups excluding carboxylic acids is 1. The van der Waals surface area contributed by atoms with Gasteiger partial charge in [0.2, 0.25) is 0 Å². The van der Waals surface area contributed by atoms with E-state index in [0.717, 1.165) is 0 Å². The maximum Gasteiger partial charge on any atom is 0.337 e. The Labute approximate surface area is 155 Å². The van der Waals surface area contributed by atoms with Crippen LogP contribution in [0, 0.1) is 17.0 Å². The van der Waals surface area contributed by atoms with Gasteiger partial charge in [-0.05, 0) is 25.1 Å². The molecular formula is C18H18N4O5. The number of nitro benzene ring substituents is 1. The minimum atomic E-state index is -1.09. The lowest BCUT2D eigenvalue weighted by molar-refractivity contribution is -0.384. The first-order valence-corrected chi connectivity index (χ1v) is 8.37. The van der Waals surface area contributed by atoms with Crippen LogP contribution in [0.1, 0.15) is 26.5 Å². The highest BCUT2D eigenvalue weighted by Crippen LogP contribution is 2.28. The first-order chi connectivity index (χ1) is 12.9. The quantitative estimate of drug-likeness (QED) is 0.646. The molecule has 140 valence electrons. The number of nitrogens with zero attached hydrogens (tertiary/aromatic N) is 4. The van der Waals surface area contributed by atoms with E-state index in [1.165, 1.54) is 18.2 Å². The highest BCUT2D eigenvalue weighted by atomic mass is 16.6. The van der Waals surface area contributed by atoms with E-state index in [1.807, 2.05) is 4.90 Å². The summed E-state index contributed by atoms with van der Waals surface area (Å²) in [5.74, 6) is -1.37.